The van der Waals surface area contributed by atoms with Gasteiger partial charge in [-0.15, -0.1) is 0 Å². The van der Waals surface area contributed by atoms with Crippen LogP contribution in [0.3, 0.4) is 0 Å². The molecule has 0 radical (unpaired) electrons. The van der Waals surface area contributed by atoms with Crippen molar-refractivity contribution in [3.63, 3.8) is 0 Å². The Labute approximate surface area is 54.7 Å². The van der Waals surface area contributed by atoms with Gasteiger partial charge in [0.2, 0.25) is 0 Å². The fourth-order valence-corrected chi connectivity index (χ4v) is 8.04. The van der Waals surface area contributed by atoms with Crippen molar-refractivity contribution in [2.24, 2.45) is 0 Å². The van der Waals surface area contributed by atoms with E-state index < -0.39 is 0 Å². The third-order valence-corrected chi connectivity index (χ3v) is 9.75. The van der Waals surface area contributed by atoms with Crippen LogP contribution in [0.4, 0.5) is 0 Å². The SMILES string of the molecule is C1CO[Te][Te]C1. The van der Waals surface area contributed by atoms with E-state index in [-0.39, 0.29) is 17.5 Å². The molecule has 0 aromatic rings. The molecule has 1 saturated heterocycles. The summed E-state index contributed by atoms with van der Waals surface area (Å²) in [6.07, 6.45) is 1.37. The van der Waals surface area contributed by atoms with Crippen LogP contribution in [0, 0.1) is 0 Å². The van der Waals surface area contributed by atoms with Gasteiger partial charge in [-0.1, -0.05) is 0 Å². The standard InChI is InChI=1S/C3H6OTe2/c1-2-4-6-5-3-1/h1-3H2. The fraction of sp³-hybridized carbons (Fsp3) is 1.00. The molecule has 1 rings (SSSR count). The summed E-state index contributed by atoms with van der Waals surface area (Å²) in [6.45, 7) is 1.09. The Morgan fingerprint density at radius 3 is 2.67 bits per heavy atom. The summed E-state index contributed by atoms with van der Waals surface area (Å²) in [5.41, 5.74) is 0. The molecule has 1 aliphatic rings. The Morgan fingerprint density at radius 1 is 1.50 bits per heavy atom. The fourth-order valence-electron chi connectivity index (χ4n) is 0.279. The van der Waals surface area contributed by atoms with Crippen molar-refractivity contribution < 1.29 is 3.10 Å². The predicted molar refractivity (Wildman–Crippen MR) is 26.9 cm³/mol. The zero-order valence-electron chi connectivity index (χ0n) is 3.35. The van der Waals surface area contributed by atoms with E-state index >= 15 is 0 Å². The molecule has 36 valence electrons. The molecule has 0 bridgehead atoms. The van der Waals surface area contributed by atoms with E-state index in [1.54, 1.807) is 4.47 Å². The van der Waals surface area contributed by atoms with Crippen LogP contribution in [0.25, 0.3) is 0 Å². The molecular formula is C3H6OTe2. The average molecular weight is 313 g/mol. The van der Waals surface area contributed by atoms with E-state index in [1.165, 1.54) is 6.42 Å². The third kappa shape index (κ3) is 2.01. The van der Waals surface area contributed by atoms with Gasteiger partial charge >= 0.3 is 55.1 Å². The van der Waals surface area contributed by atoms with Gasteiger partial charge in [-0.25, -0.2) is 0 Å². The van der Waals surface area contributed by atoms with Crippen LogP contribution in [-0.2, 0) is 3.10 Å². The second-order valence-corrected chi connectivity index (χ2v) is 11.1. The molecule has 0 N–H and O–H groups in total. The van der Waals surface area contributed by atoms with E-state index in [0.717, 1.165) is 6.61 Å². The molecule has 1 nitrogen and oxygen atoms in total. The van der Waals surface area contributed by atoms with Crippen molar-refractivity contribution in [2.75, 3.05) is 6.61 Å². The van der Waals surface area contributed by atoms with Gasteiger partial charge in [0.05, 0.1) is 0 Å². The van der Waals surface area contributed by atoms with Gasteiger partial charge in [-0.05, 0) is 0 Å². The molecule has 6 heavy (non-hydrogen) atoms. The molecule has 3 heteroatoms. The van der Waals surface area contributed by atoms with Gasteiger partial charge in [0, 0.05) is 0 Å². The minimum atomic E-state index is 0.202. The summed E-state index contributed by atoms with van der Waals surface area (Å²) in [4.78, 5) is 0. The molecule has 0 saturated carbocycles. The molecule has 0 spiro atoms. The first kappa shape index (κ1) is 5.67. The van der Waals surface area contributed by atoms with Crippen LogP contribution in [-0.4, -0.2) is 41.1 Å². The molecule has 1 fully saturated rings. The number of hydrogen-bond acceptors (Lipinski definition) is 1. The maximum atomic E-state index is 5.26. The second kappa shape index (κ2) is 3.53. The van der Waals surface area contributed by atoms with Gasteiger partial charge in [-0.2, -0.15) is 0 Å². The third-order valence-electron chi connectivity index (χ3n) is 0.552. The van der Waals surface area contributed by atoms with E-state index in [0.29, 0.717) is 17.1 Å². The first-order chi connectivity index (χ1) is 3.00. The van der Waals surface area contributed by atoms with Crippen LogP contribution in [0.15, 0.2) is 0 Å². The molecule has 0 aliphatic carbocycles. The van der Waals surface area contributed by atoms with E-state index in [1.807, 2.05) is 0 Å². The van der Waals surface area contributed by atoms with Crippen molar-refractivity contribution in [1.29, 1.82) is 0 Å². The Balaban J connectivity index is 2.00. The summed E-state index contributed by atoms with van der Waals surface area (Å²) >= 11 is 0.682. The van der Waals surface area contributed by atoms with Crippen LogP contribution < -0.4 is 0 Å². The summed E-state index contributed by atoms with van der Waals surface area (Å²) in [5.74, 6) is 0. The van der Waals surface area contributed by atoms with E-state index in [2.05, 4.69) is 0 Å². The Bertz CT molecular complexity index is 24.3. The number of hydrogen-bond donors (Lipinski definition) is 0. The molecule has 0 unspecified atom stereocenters. The van der Waals surface area contributed by atoms with Gasteiger partial charge in [0.1, 0.15) is 0 Å². The summed E-state index contributed by atoms with van der Waals surface area (Å²) in [7, 11) is 0. The van der Waals surface area contributed by atoms with Crippen molar-refractivity contribution in [1.82, 2.24) is 0 Å². The van der Waals surface area contributed by atoms with Gasteiger partial charge < -0.3 is 0 Å². The molecule has 1 aliphatic heterocycles. The van der Waals surface area contributed by atoms with Gasteiger partial charge in [0.25, 0.3) is 0 Å². The zero-order chi connectivity index (χ0) is 4.24. The molecule has 1 heterocycles. The molecule has 0 aromatic heterocycles. The maximum absolute atomic E-state index is 5.26. The van der Waals surface area contributed by atoms with Crippen molar-refractivity contribution in [3.05, 3.63) is 0 Å². The Kier molecular flexibility index (Phi) is 3.34. The average Bonchev–Trinajstić information content (AvgIpc) is 1.72. The normalized spacial score (nSPS) is 24.0. The molecule has 0 aromatic carbocycles. The van der Waals surface area contributed by atoms with Crippen molar-refractivity contribution in [3.8, 4) is 0 Å². The predicted octanol–water partition coefficient (Wildman–Crippen LogP) is 0.0634. The van der Waals surface area contributed by atoms with E-state index in [4.69, 9.17) is 3.10 Å². The molecular weight excluding hydrogens is 307 g/mol. The topological polar surface area (TPSA) is 9.23 Å². The molecule has 0 amide bonds. The summed E-state index contributed by atoms with van der Waals surface area (Å²) < 4.78 is 6.82. The Morgan fingerprint density at radius 2 is 2.50 bits per heavy atom. The van der Waals surface area contributed by atoms with Crippen LogP contribution in [0.2, 0.25) is 4.47 Å². The van der Waals surface area contributed by atoms with Crippen LogP contribution >= 0.6 is 0 Å². The van der Waals surface area contributed by atoms with Gasteiger partial charge in [-0.3, -0.25) is 0 Å². The van der Waals surface area contributed by atoms with Crippen LogP contribution in [0.5, 0.6) is 0 Å². The zero-order valence-corrected chi connectivity index (χ0v) is 8.01. The summed E-state index contributed by atoms with van der Waals surface area (Å²) in [5, 5.41) is 0. The summed E-state index contributed by atoms with van der Waals surface area (Å²) in [6, 6.07) is 0. The number of rotatable bonds is 0. The monoisotopic (exact) mass is 318 g/mol. The first-order valence-corrected chi connectivity index (χ1v) is 11.8. The molecule has 0 atom stereocenters. The minimum absolute atomic E-state index is 0.202. The second-order valence-electron chi connectivity index (χ2n) is 1.07. The quantitative estimate of drug-likeness (QED) is 0.575. The van der Waals surface area contributed by atoms with Crippen molar-refractivity contribution >= 4 is 34.5 Å². The van der Waals surface area contributed by atoms with E-state index in [9.17, 15) is 0 Å². The van der Waals surface area contributed by atoms with Crippen molar-refractivity contribution in [2.45, 2.75) is 10.9 Å². The van der Waals surface area contributed by atoms with Gasteiger partial charge in [0.15, 0.2) is 0 Å². The first-order valence-electron chi connectivity index (χ1n) is 1.91. The Hall–Kier alpha value is 1.54. The van der Waals surface area contributed by atoms with Crippen LogP contribution in [0.1, 0.15) is 6.42 Å².